The second-order valence-corrected chi connectivity index (χ2v) is 7.02. The number of rotatable bonds is 3. The Kier molecular flexibility index (Phi) is 5.17. The third-order valence-electron chi connectivity index (χ3n) is 4.19. The van der Waals surface area contributed by atoms with E-state index in [1.807, 2.05) is 13.1 Å². The van der Waals surface area contributed by atoms with Crippen LogP contribution in [0.4, 0.5) is 11.8 Å². The van der Waals surface area contributed by atoms with Gasteiger partial charge in [0.15, 0.2) is 0 Å². The summed E-state index contributed by atoms with van der Waals surface area (Å²) in [4.78, 5) is 17.2. The fourth-order valence-corrected chi connectivity index (χ4v) is 3.31. The minimum atomic E-state index is 0.350. The molecular weight excluding hydrogens is 392 g/mol. The molecule has 0 N–H and O–H groups in total. The summed E-state index contributed by atoms with van der Waals surface area (Å²) in [6.07, 6.45) is 6.85. The van der Waals surface area contributed by atoms with Gasteiger partial charge in [-0.05, 0) is 34.8 Å². The topological polar surface area (TPSA) is 68.9 Å². The van der Waals surface area contributed by atoms with Crippen molar-refractivity contribution < 1.29 is 0 Å². The van der Waals surface area contributed by atoms with Crippen LogP contribution in [0.15, 0.2) is 29.1 Å². The van der Waals surface area contributed by atoms with Crippen molar-refractivity contribution in [3.05, 3.63) is 39.7 Å². The Bertz CT molecular complexity index is 752. The van der Waals surface area contributed by atoms with E-state index in [0.717, 1.165) is 36.2 Å². The molecule has 24 heavy (non-hydrogen) atoms. The monoisotopic (exact) mass is 406 g/mol. The lowest BCUT2D eigenvalue weighted by molar-refractivity contribution is 0.475. The van der Waals surface area contributed by atoms with Gasteiger partial charge in [-0.1, -0.05) is 11.6 Å². The number of nitriles is 1. The van der Waals surface area contributed by atoms with E-state index in [1.165, 1.54) is 0 Å². The van der Waals surface area contributed by atoms with Crippen LogP contribution in [-0.2, 0) is 0 Å². The molecule has 0 unspecified atom stereocenters. The van der Waals surface area contributed by atoms with Gasteiger partial charge in [-0.3, -0.25) is 0 Å². The van der Waals surface area contributed by atoms with Gasteiger partial charge in [0.05, 0.1) is 23.0 Å². The molecule has 1 aliphatic rings. The largest absolute Gasteiger partial charge is 0.355 e. The molecule has 3 heterocycles. The van der Waals surface area contributed by atoms with Crippen molar-refractivity contribution in [2.45, 2.75) is 18.9 Å². The zero-order valence-electron chi connectivity index (χ0n) is 13.2. The normalized spacial score (nSPS) is 15.2. The molecule has 0 saturated carbocycles. The van der Waals surface area contributed by atoms with Crippen molar-refractivity contribution in [2.24, 2.45) is 0 Å². The first-order valence-corrected chi connectivity index (χ1v) is 8.76. The molecule has 3 rings (SSSR count). The highest BCUT2D eigenvalue weighted by atomic mass is 79.9. The lowest BCUT2D eigenvalue weighted by atomic mass is 10.0. The molecule has 1 aliphatic heterocycles. The second-order valence-electron chi connectivity index (χ2n) is 5.67. The van der Waals surface area contributed by atoms with Gasteiger partial charge in [-0.2, -0.15) is 5.26 Å². The summed E-state index contributed by atoms with van der Waals surface area (Å²) in [5.41, 5.74) is 0.595. The highest BCUT2D eigenvalue weighted by Crippen LogP contribution is 2.26. The average Bonchev–Trinajstić information content (AvgIpc) is 2.62. The number of piperidine rings is 1. The van der Waals surface area contributed by atoms with Gasteiger partial charge in [0.2, 0.25) is 5.95 Å². The predicted octanol–water partition coefficient (Wildman–Crippen LogP) is 3.26. The van der Waals surface area contributed by atoms with Crippen LogP contribution in [-0.4, -0.2) is 41.1 Å². The van der Waals surface area contributed by atoms with Gasteiger partial charge in [0, 0.05) is 36.8 Å². The van der Waals surface area contributed by atoms with Gasteiger partial charge in [0.25, 0.3) is 0 Å². The SMILES string of the molecule is CN(c1ncc(Cl)cn1)C1CCN(c2ncc(Br)cc2C#N)CC1. The lowest BCUT2D eigenvalue weighted by Gasteiger charge is -2.37. The van der Waals surface area contributed by atoms with Crippen LogP contribution in [0.1, 0.15) is 18.4 Å². The van der Waals surface area contributed by atoms with Gasteiger partial charge in [0.1, 0.15) is 11.9 Å². The number of aromatic nitrogens is 3. The first-order chi connectivity index (χ1) is 11.6. The van der Waals surface area contributed by atoms with Crippen molar-refractivity contribution in [1.82, 2.24) is 15.0 Å². The minimum absolute atomic E-state index is 0.350. The average molecular weight is 408 g/mol. The molecule has 2 aromatic rings. The molecule has 1 saturated heterocycles. The minimum Gasteiger partial charge on any atom is -0.355 e. The predicted molar refractivity (Wildman–Crippen MR) is 97.3 cm³/mol. The molecule has 1 fully saturated rings. The van der Waals surface area contributed by atoms with E-state index in [2.05, 4.69) is 46.8 Å². The first-order valence-electron chi connectivity index (χ1n) is 7.59. The van der Waals surface area contributed by atoms with E-state index >= 15 is 0 Å². The molecule has 0 amide bonds. The van der Waals surface area contributed by atoms with Crippen LogP contribution in [0, 0.1) is 11.3 Å². The molecule has 124 valence electrons. The summed E-state index contributed by atoms with van der Waals surface area (Å²) in [5, 5.41) is 9.85. The van der Waals surface area contributed by atoms with Gasteiger partial charge in [-0.25, -0.2) is 15.0 Å². The molecule has 0 bridgehead atoms. The third kappa shape index (κ3) is 3.60. The van der Waals surface area contributed by atoms with Gasteiger partial charge in [-0.15, -0.1) is 0 Å². The Morgan fingerprint density at radius 2 is 1.92 bits per heavy atom. The third-order valence-corrected chi connectivity index (χ3v) is 4.82. The molecule has 2 aromatic heterocycles. The summed E-state index contributed by atoms with van der Waals surface area (Å²) < 4.78 is 0.817. The first kappa shape index (κ1) is 16.9. The molecule has 0 atom stereocenters. The number of nitrogens with zero attached hydrogens (tertiary/aromatic N) is 6. The molecular formula is C16H16BrClN6. The number of hydrogen-bond donors (Lipinski definition) is 0. The van der Waals surface area contributed by atoms with E-state index in [4.69, 9.17) is 11.6 Å². The summed E-state index contributed by atoms with van der Waals surface area (Å²) in [5.74, 6) is 1.43. The van der Waals surface area contributed by atoms with Crippen molar-refractivity contribution in [2.75, 3.05) is 29.9 Å². The molecule has 0 aliphatic carbocycles. The fraction of sp³-hybridized carbons (Fsp3) is 0.375. The number of halogens is 2. The second kappa shape index (κ2) is 7.32. The van der Waals surface area contributed by atoms with Gasteiger partial charge >= 0.3 is 0 Å². The highest BCUT2D eigenvalue weighted by Gasteiger charge is 2.25. The van der Waals surface area contributed by atoms with E-state index < -0.39 is 0 Å². The maximum atomic E-state index is 9.31. The van der Waals surface area contributed by atoms with Crippen molar-refractivity contribution in [3.63, 3.8) is 0 Å². The Labute approximate surface area is 154 Å². The van der Waals surface area contributed by atoms with E-state index in [0.29, 0.717) is 22.6 Å². The molecule has 0 aromatic carbocycles. The van der Waals surface area contributed by atoms with Crippen LogP contribution in [0.5, 0.6) is 0 Å². The molecule has 0 spiro atoms. The summed E-state index contributed by atoms with van der Waals surface area (Å²) in [6.45, 7) is 1.68. The lowest BCUT2D eigenvalue weighted by Crippen LogP contribution is -2.44. The van der Waals surface area contributed by atoms with Gasteiger partial charge < -0.3 is 9.80 Å². The standard InChI is InChI=1S/C16H16BrClN6/c1-23(16-21-9-13(18)10-22-16)14-2-4-24(5-3-14)15-11(7-19)6-12(17)8-20-15/h6,8-10,14H,2-5H2,1H3. The van der Waals surface area contributed by atoms with Crippen molar-refractivity contribution in [1.29, 1.82) is 5.26 Å². The van der Waals surface area contributed by atoms with Crippen LogP contribution >= 0.6 is 27.5 Å². The Balaban J connectivity index is 1.68. The zero-order valence-corrected chi connectivity index (χ0v) is 15.5. The number of hydrogen-bond acceptors (Lipinski definition) is 6. The summed E-state index contributed by atoms with van der Waals surface area (Å²) in [6, 6.07) is 4.38. The smallest absolute Gasteiger partial charge is 0.225 e. The summed E-state index contributed by atoms with van der Waals surface area (Å²) >= 11 is 9.20. The highest BCUT2D eigenvalue weighted by molar-refractivity contribution is 9.10. The maximum absolute atomic E-state index is 9.31. The van der Waals surface area contributed by atoms with Crippen LogP contribution < -0.4 is 9.80 Å². The Morgan fingerprint density at radius 3 is 2.54 bits per heavy atom. The summed E-state index contributed by atoms with van der Waals surface area (Å²) in [7, 11) is 2.00. The number of anilines is 2. The van der Waals surface area contributed by atoms with E-state index in [9.17, 15) is 5.26 Å². The van der Waals surface area contributed by atoms with Crippen LogP contribution in [0.25, 0.3) is 0 Å². The molecule has 0 radical (unpaired) electrons. The van der Waals surface area contributed by atoms with E-state index in [-0.39, 0.29) is 0 Å². The maximum Gasteiger partial charge on any atom is 0.225 e. The quantitative estimate of drug-likeness (QED) is 0.778. The number of pyridine rings is 1. The zero-order chi connectivity index (χ0) is 17.1. The van der Waals surface area contributed by atoms with Crippen LogP contribution in [0.2, 0.25) is 5.02 Å². The van der Waals surface area contributed by atoms with Crippen LogP contribution in [0.3, 0.4) is 0 Å². The Hall–Kier alpha value is -1.91. The fourth-order valence-electron chi connectivity index (χ4n) is 2.88. The van der Waals surface area contributed by atoms with Crippen molar-refractivity contribution in [3.8, 4) is 6.07 Å². The van der Waals surface area contributed by atoms with Crippen molar-refractivity contribution >= 4 is 39.3 Å². The van der Waals surface area contributed by atoms with E-state index in [1.54, 1.807) is 18.6 Å². The molecule has 6 nitrogen and oxygen atoms in total. The Morgan fingerprint density at radius 1 is 1.25 bits per heavy atom. The molecule has 8 heteroatoms.